The van der Waals surface area contributed by atoms with Gasteiger partial charge in [0.05, 0.1) is 6.04 Å². The van der Waals surface area contributed by atoms with Gasteiger partial charge in [-0.05, 0) is 45.2 Å². The summed E-state index contributed by atoms with van der Waals surface area (Å²) in [4.78, 5) is 11.8. The van der Waals surface area contributed by atoms with Gasteiger partial charge in [-0.25, -0.2) is 0 Å². The molecule has 0 spiro atoms. The van der Waals surface area contributed by atoms with Crippen LogP contribution in [-0.2, 0) is 11.2 Å². The van der Waals surface area contributed by atoms with Crippen LogP contribution >= 0.6 is 0 Å². The van der Waals surface area contributed by atoms with Crippen LogP contribution in [-0.4, -0.2) is 18.0 Å². The molecule has 0 heterocycles. The van der Waals surface area contributed by atoms with Gasteiger partial charge in [0.15, 0.2) is 0 Å². The topological polar surface area (TPSA) is 41.1 Å². The minimum Gasteiger partial charge on any atom is -0.353 e. The molecule has 19 heavy (non-hydrogen) atoms. The summed E-state index contributed by atoms with van der Waals surface area (Å²) in [5, 5.41) is 6.24. The third-order valence-corrected chi connectivity index (χ3v) is 3.21. The molecule has 3 heteroatoms. The van der Waals surface area contributed by atoms with Crippen LogP contribution in [0, 0.1) is 0 Å². The fourth-order valence-electron chi connectivity index (χ4n) is 2.00. The van der Waals surface area contributed by atoms with Gasteiger partial charge in [0.2, 0.25) is 5.91 Å². The molecule has 0 radical (unpaired) electrons. The standard InChI is InChI=1S/C16H26N2O/c1-6-14-7-9-15(10-8-14)12(4)18-13(5)16(19)17-11(2)3/h7-13,18H,6H2,1-5H3,(H,17,19). The number of amides is 1. The predicted molar refractivity (Wildman–Crippen MR) is 80.1 cm³/mol. The molecule has 0 aliphatic rings. The van der Waals surface area contributed by atoms with Crippen LogP contribution in [0.4, 0.5) is 0 Å². The van der Waals surface area contributed by atoms with Crippen LogP contribution in [0.2, 0.25) is 0 Å². The highest BCUT2D eigenvalue weighted by molar-refractivity contribution is 5.81. The van der Waals surface area contributed by atoms with E-state index in [0.717, 1.165) is 6.42 Å². The largest absolute Gasteiger partial charge is 0.353 e. The lowest BCUT2D eigenvalue weighted by Crippen LogP contribution is -2.45. The number of hydrogen-bond acceptors (Lipinski definition) is 2. The zero-order valence-corrected chi connectivity index (χ0v) is 12.7. The van der Waals surface area contributed by atoms with Crippen molar-refractivity contribution in [1.82, 2.24) is 10.6 Å². The van der Waals surface area contributed by atoms with Crippen molar-refractivity contribution in [1.29, 1.82) is 0 Å². The van der Waals surface area contributed by atoms with E-state index in [4.69, 9.17) is 0 Å². The average molecular weight is 262 g/mol. The summed E-state index contributed by atoms with van der Waals surface area (Å²) < 4.78 is 0. The third-order valence-electron chi connectivity index (χ3n) is 3.21. The monoisotopic (exact) mass is 262 g/mol. The summed E-state index contributed by atoms with van der Waals surface area (Å²) in [7, 11) is 0. The Hall–Kier alpha value is -1.35. The highest BCUT2D eigenvalue weighted by atomic mass is 16.2. The fourth-order valence-corrected chi connectivity index (χ4v) is 2.00. The first-order valence-corrected chi connectivity index (χ1v) is 7.09. The van der Waals surface area contributed by atoms with Crippen LogP contribution in [0.15, 0.2) is 24.3 Å². The predicted octanol–water partition coefficient (Wildman–Crippen LogP) is 2.81. The summed E-state index contributed by atoms with van der Waals surface area (Å²) in [6.45, 7) is 10.1. The molecule has 0 fully saturated rings. The minimum atomic E-state index is -0.191. The van der Waals surface area contributed by atoms with Crippen LogP contribution in [0.1, 0.15) is 51.8 Å². The molecule has 2 unspecified atom stereocenters. The van der Waals surface area contributed by atoms with Crippen molar-refractivity contribution in [2.24, 2.45) is 0 Å². The Morgan fingerprint density at radius 2 is 1.68 bits per heavy atom. The van der Waals surface area contributed by atoms with E-state index in [-0.39, 0.29) is 24.0 Å². The van der Waals surface area contributed by atoms with Gasteiger partial charge in [-0.1, -0.05) is 31.2 Å². The summed E-state index contributed by atoms with van der Waals surface area (Å²) in [5.74, 6) is 0.0482. The highest BCUT2D eigenvalue weighted by Gasteiger charge is 2.16. The van der Waals surface area contributed by atoms with Gasteiger partial charge in [0, 0.05) is 12.1 Å². The van der Waals surface area contributed by atoms with Crippen LogP contribution in [0.25, 0.3) is 0 Å². The van der Waals surface area contributed by atoms with Gasteiger partial charge >= 0.3 is 0 Å². The second kappa shape index (κ2) is 7.29. The van der Waals surface area contributed by atoms with E-state index in [0.29, 0.717) is 0 Å². The summed E-state index contributed by atoms with van der Waals surface area (Å²) in [5.41, 5.74) is 2.54. The smallest absolute Gasteiger partial charge is 0.237 e. The Morgan fingerprint density at radius 3 is 2.16 bits per heavy atom. The molecule has 3 nitrogen and oxygen atoms in total. The Labute approximate surface area is 116 Å². The molecule has 1 rings (SSSR count). The maximum atomic E-state index is 11.8. The van der Waals surface area contributed by atoms with Gasteiger partial charge in [0.1, 0.15) is 0 Å². The van der Waals surface area contributed by atoms with E-state index in [1.807, 2.05) is 20.8 Å². The van der Waals surface area contributed by atoms with Gasteiger partial charge in [-0.2, -0.15) is 0 Å². The molecular formula is C16H26N2O. The second-order valence-corrected chi connectivity index (χ2v) is 5.37. The lowest BCUT2D eigenvalue weighted by atomic mass is 10.0. The Balaban J connectivity index is 2.57. The zero-order valence-electron chi connectivity index (χ0n) is 12.7. The fraction of sp³-hybridized carbons (Fsp3) is 0.562. The number of carbonyl (C=O) groups excluding carboxylic acids is 1. The van der Waals surface area contributed by atoms with E-state index < -0.39 is 0 Å². The molecule has 2 atom stereocenters. The molecule has 1 amide bonds. The Kier molecular flexibility index (Phi) is 6.03. The van der Waals surface area contributed by atoms with Crippen molar-refractivity contribution < 1.29 is 4.79 Å². The van der Waals surface area contributed by atoms with E-state index in [2.05, 4.69) is 48.7 Å². The number of aryl methyl sites for hydroxylation is 1. The van der Waals surface area contributed by atoms with Crippen molar-refractivity contribution in [3.8, 4) is 0 Å². The molecule has 1 aromatic rings. The number of carbonyl (C=O) groups is 1. The van der Waals surface area contributed by atoms with Gasteiger partial charge in [0.25, 0.3) is 0 Å². The van der Waals surface area contributed by atoms with Crippen LogP contribution < -0.4 is 10.6 Å². The van der Waals surface area contributed by atoms with Crippen molar-refractivity contribution in [3.05, 3.63) is 35.4 Å². The van der Waals surface area contributed by atoms with Crippen molar-refractivity contribution >= 4 is 5.91 Å². The molecule has 2 N–H and O–H groups in total. The van der Waals surface area contributed by atoms with E-state index in [1.54, 1.807) is 0 Å². The molecule has 0 aromatic heterocycles. The quantitative estimate of drug-likeness (QED) is 0.827. The Bertz CT molecular complexity index is 398. The Morgan fingerprint density at radius 1 is 1.11 bits per heavy atom. The van der Waals surface area contributed by atoms with Crippen molar-refractivity contribution in [2.45, 2.75) is 59.2 Å². The van der Waals surface area contributed by atoms with Gasteiger partial charge in [-0.3, -0.25) is 10.1 Å². The number of rotatable bonds is 6. The van der Waals surface area contributed by atoms with Crippen molar-refractivity contribution in [3.63, 3.8) is 0 Å². The number of nitrogens with one attached hydrogen (secondary N) is 2. The lowest BCUT2D eigenvalue weighted by Gasteiger charge is -2.21. The molecule has 106 valence electrons. The average Bonchev–Trinajstić information content (AvgIpc) is 2.37. The molecule has 0 aliphatic carbocycles. The molecule has 0 bridgehead atoms. The molecular weight excluding hydrogens is 236 g/mol. The van der Waals surface area contributed by atoms with E-state index in [9.17, 15) is 4.79 Å². The maximum Gasteiger partial charge on any atom is 0.237 e. The first-order chi connectivity index (χ1) is 8.93. The van der Waals surface area contributed by atoms with E-state index >= 15 is 0 Å². The molecule has 0 saturated heterocycles. The van der Waals surface area contributed by atoms with Gasteiger partial charge in [-0.15, -0.1) is 0 Å². The normalized spacial score (nSPS) is 14.2. The summed E-state index contributed by atoms with van der Waals surface area (Å²) in [6, 6.07) is 8.70. The first-order valence-electron chi connectivity index (χ1n) is 7.09. The zero-order chi connectivity index (χ0) is 14.4. The first kappa shape index (κ1) is 15.7. The minimum absolute atomic E-state index is 0.0482. The third kappa shape index (κ3) is 5.03. The molecule has 0 saturated carbocycles. The second-order valence-electron chi connectivity index (χ2n) is 5.37. The summed E-state index contributed by atoms with van der Waals surface area (Å²) >= 11 is 0. The number of hydrogen-bond donors (Lipinski definition) is 2. The lowest BCUT2D eigenvalue weighted by molar-refractivity contribution is -0.123. The maximum absolute atomic E-state index is 11.8. The van der Waals surface area contributed by atoms with E-state index in [1.165, 1.54) is 11.1 Å². The number of benzene rings is 1. The molecule has 1 aromatic carbocycles. The van der Waals surface area contributed by atoms with Crippen LogP contribution in [0.3, 0.4) is 0 Å². The van der Waals surface area contributed by atoms with Gasteiger partial charge < -0.3 is 5.32 Å². The van der Waals surface area contributed by atoms with Crippen LogP contribution in [0.5, 0.6) is 0 Å². The molecule has 0 aliphatic heterocycles. The summed E-state index contributed by atoms with van der Waals surface area (Å²) in [6.07, 6.45) is 1.05. The van der Waals surface area contributed by atoms with Crippen molar-refractivity contribution in [2.75, 3.05) is 0 Å². The SMILES string of the molecule is CCc1ccc(C(C)NC(C)C(=O)NC(C)C)cc1. The highest BCUT2D eigenvalue weighted by Crippen LogP contribution is 2.14.